The number of carbonyl (C=O) groups excluding carboxylic acids is 2. The molecule has 0 unspecified atom stereocenters. The number of ether oxygens (including phenoxy) is 3. The zero-order chi connectivity index (χ0) is 21.0. The molecule has 29 heavy (non-hydrogen) atoms. The van der Waals surface area contributed by atoms with Gasteiger partial charge in [-0.05, 0) is 23.8 Å². The van der Waals surface area contributed by atoms with Crippen molar-refractivity contribution in [3.05, 3.63) is 52.1 Å². The Labute approximate surface area is 166 Å². The summed E-state index contributed by atoms with van der Waals surface area (Å²) in [4.78, 5) is 36.2. The summed E-state index contributed by atoms with van der Waals surface area (Å²) in [6.45, 7) is -0.322. The van der Waals surface area contributed by atoms with Gasteiger partial charge in [0.1, 0.15) is 12.3 Å². The summed E-state index contributed by atoms with van der Waals surface area (Å²) in [5.41, 5.74) is 0.773. The monoisotopic (exact) mass is 401 g/mol. The van der Waals surface area contributed by atoms with E-state index in [1.165, 1.54) is 37.3 Å². The van der Waals surface area contributed by atoms with E-state index in [4.69, 9.17) is 14.2 Å². The molecule has 1 N–H and O–H groups in total. The predicted octanol–water partition coefficient (Wildman–Crippen LogP) is 1.65. The Morgan fingerprint density at radius 3 is 2.66 bits per heavy atom. The minimum Gasteiger partial charge on any atom is -0.493 e. The fourth-order valence-electron chi connectivity index (χ4n) is 2.87. The number of amides is 2. The Balaban J connectivity index is 1.70. The highest BCUT2D eigenvalue weighted by Gasteiger charge is 2.29. The number of non-ortho nitro benzene ring substituents is 1. The van der Waals surface area contributed by atoms with Crippen LogP contribution in [0.1, 0.15) is 5.56 Å². The highest BCUT2D eigenvalue weighted by atomic mass is 16.6. The summed E-state index contributed by atoms with van der Waals surface area (Å²) in [7, 11) is 3.04. The first kappa shape index (κ1) is 19.9. The molecular weight excluding hydrogens is 382 g/mol. The Morgan fingerprint density at radius 1 is 1.21 bits per heavy atom. The van der Waals surface area contributed by atoms with Crippen molar-refractivity contribution in [3.8, 4) is 17.2 Å². The normalized spacial score (nSPS) is 12.6. The standard InChI is InChI=1S/C19H19N3O7/c1-27-16-5-3-12(7-17(16)28-2)9-20-18(23)10-21-14-8-13(22(25)26)4-6-15(14)29-11-19(21)24/h3-8H,9-11H2,1-2H3,(H,20,23). The van der Waals surface area contributed by atoms with Gasteiger partial charge in [0.05, 0.1) is 24.8 Å². The van der Waals surface area contributed by atoms with Gasteiger partial charge < -0.3 is 19.5 Å². The molecule has 1 heterocycles. The first-order valence-electron chi connectivity index (χ1n) is 8.62. The second-order valence-electron chi connectivity index (χ2n) is 6.14. The molecule has 2 aromatic rings. The molecule has 3 rings (SSSR count). The number of fused-ring (bicyclic) bond motifs is 1. The number of anilines is 1. The van der Waals surface area contributed by atoms with Crippen LogP contribution >= 0.6 is 0 Å². The molecule has 0 radical (unpaired) electrons. The van der Waals surface area contributed by atoms with Crippen molar-refractivity contribution >= 4 is 23.2 Å². The first-order valence-corrected chi connectivity index (χ1v) is 8.62. The molecule has 10 nitrogen and oxygen atoms in total. The van der Waals surface area contributed by atoms with Crippen LogP contribution in [-0.2, 0) is 16.1 Å². The van der Waals surface area contributed by atoms with E-state index >= 15 is 0 Å². The van der Waals surface area contributed by atoms with Gasteiger partial charge in [-0.2, -0.15) is 0 Å². The summed E-state index contributed by atoms with van der Waals surface area (Å²) in [5.74, 6) is 0.526. The molecule has 0 atom stereocenters. The molecule has 0 aliphatic carbocycles. The van der Waals surface area contributed by atoms with E-state index in [2.05, 4.69) is 5.32 Å². The number of nitro benzene ring substituents is 1. The summed E-state index contributed by atoms with van der Waals surface area (Å²) < 4.78 is 15.7. The van der Waals surface area contributed by atoms with E-state index in [0.29, 0.717) is 17.2 Å². The van der Waals surface area contributed by atoms with E-state index in [1.54, 1.807) is 18.2 Å². The fourth-order valence-corrected chi connectivity index (χ4v) is 2.87. The third-order valence-electron chi connectivity index (χ3n) is 4.34. The third kappa shape index (κ3) is 4.37. The minimum atomic E-state index is -0.575. The number of hydrogen-bond acceptors (Lipinski definition) is 7. The van der Waals surface area contributed by atoms with E-state index in [-0.39, 0.29) is 31.1 Å². The molecular formula is C19H19N3O7. The molecule has 1 aliphatic heterocycles. The number of benzene rings is 2. The maximum atomic E-state index is 12.4. The summed E-state index contributed by atoms with van der Waals surface area (Å²) in [5, 5.41) is 13.7. The quantitative estimate of drug-likeness (QED) is 0.553. The van der Waals surface area contributed by atoms with Crippen LogP contribution in [0.5, 0.6) is 17.2 Å². The third-order valence-corrected chi connectivity index (χ3v) is 4.34. The highest BCUT2D eigenvalue weighted by Crippen LogP contribution is 2.35. The van der Waals surface area contributed by atoms with Crippen molar-refractivity contribution in [1.82, 2.24) is 5.32 Å². The lowest BCUT2D eigenvalue weighted by molar-refractivity contribution is -0.384. The van der Waals surface area contributed by atoms with Gasteiger partial charge in [0.25, 0.3) is 11.6 Å². The number of carbonyl (C=O) groups is 2. The van der Waals surface area contributed by atoms with Gasteiger partial charge in [-0.1, -0.05) is 6.07 Å². The number of nitro groups is 1. The number of methoxy groups -OCH3 is 2. The molecule has 0 saturated carbocycles. The highest BCUT2D eigenvalue weighted by molar-refractivity contribution is 6.02. The van der Waals surface area contributed by atoms with Crippen molar-refractivity contribution in [1.29, 1.82) is 0 Å². The zero-order valence-corrected chi connectivity index (χ0v) is 15.8. The molecule has 2 amide bonds. The Morgan fingerprint density at radius 2 is 1.97 bits per heavy atom. The smallest absolute Gasteiger partial charge is 0.271 e. The van der Waals surface area contributed by atoms with Gasteiger partial charge in [0.15, 0.2) is 18.1 Å². The van der Waals surface area contributed by atoms with Crippen molar-refractivity contribution < 1.29 is 28.7 Å². The number of hydrogen-bond donors (Lipinski definition) is 1. The van der Waals surface area contributed by atoms with E-state index in [0.717, 1.165) is 5.56 Å². The largest absolute Gasteiger partial charge is 0.493 e. The summed E-state index contributed by atoms with van der Waals surface area (Å²) in [6.07, 6.45) is 0. The van der Waals surface area contributed by atoms with Gasteiger partial charge in [0.2, 0.25) is 5.91 Å². The van der Waals surface area contributed by atoms with Crippen molar-refractivity contribution in [3.63, 3.8) is 0 Å². The van der Waals surface area contributed by atoms with E-state index in [1.807, 2.05) is 0 Å². The number of nitrogens with one attached hydrogen (secondary N) is 1. The van der Waals surface area contributed by atoms with Gasteiger partial charge in [-0.25, -0.2) is 0 Å². The lowest BCUT2D eigenvalue weighted by atomic mass is 10.2. The van der Waals surface area contributed by atoms with Crippen LogP contribution in [0.4, 0.5) is 11.4 Å². The summed E-state index contributed by atoms with van der Waals surface area (Å²) in [6, 6.07) is 9.14. The maximum absolute atomic E-state index is 12.4. The molecule has 0 spiro atoms. The molecule has 2 aromatic carbocycles. The van der Waals surface area contributed by atoms with Crippen LogP contribution in [0, 0.1) is 10.1 Å². The van der Waals surface area contributed by atoms with Crippen LogP contribution < -0.4 is 24.4 Å². The fraction of sp³-hybridized carbons (Fsp3) is 0.263. The topological polar surface area (TPSA) is 120 Å². The van der Waals surface area contributed by atoms with Crippen molar-refractivity contribution in [2.24, 2.45) is 0 Å². The molecule has 0 bridgehead atoms. The second kappa shape index (κ2) is 8.46. The van der Waals surface area contributed by atoms with Crippen molar-refractivity contribution in [2.45, 2.75) is 6.54 Å². The van der Waals surface area contributed by atoms with E-state index < -0.39 is 16.7 Å². The second-order valence-corrected chi connectivity index (χ2v) is 6.14. The Bertz CT molecular complexity index is 961. The van der Waals surface area contributed by atoms with Gasteiger partial charge in [0, 0.05) is 18.7 Å². The summed E-state index contributed by atoms with van der Waals surface area (Å²) >= 11 is 0. The molecule has 152 valence electrons. The predicted molar refractivity (Wildman–Crippen MR) is 102 cm³/mol. The molecule has 0 fully saturated rings. The van der Waals surface area contributed by atoms with Crippen LogP contribution in [0.2, 0.25) is 0 Å². The van der Waals surface area contributed by atoms with Gasteiger partial charge in [-0.15, -0.1) is 0 Å². The molecule has 10 heteroatoms. The molecule has 0 aromatic heterocycles. The molecule has 1 aliphatic rings. The Hall–Kier alpha value is -3.82. The molecule has 0 saturated heterocycles. The van der Waals surface area contributed by atoms with Crippen LogP contribution in [0.25, 0.3) is 0 Å². The zero-order valence-electron chi connectivity index (χ0n) is 15.8. The Kier molecular flexibility index (Phi) is 5.82. The average molecular weight is 401 g/mol. The maximum Gasteiger partial charge on any atom is 0.271 e. The van der Waals surface area contributed by atoms with Crippen LogP contribution in [-0.4, -0.2) is 44.1 Å². The van der Waals surface area contributed by atoms with Crippen molar-refractivity contribution in [2.75, 3.05) is 32.3 Å². The van der Waals surface area contributed by atoms with Crippen LogP contribution in [0.3, 0.4) is 0 Å². The average Bonchev–Trinajstić information content (AvgIpc) is 2.73. The first-order chi connectivity index (χ1) is 13.9. The lowest BCUT2D eigenvalue weighted by Gasteiger charge is -2.28. The van der Waals surface area contributed by atoms with Gasteiger partial charge >= 0.3 is 0 Å². The number of rotatable bonds is 7. The van der Waals surface area contributed by atoms with E-state index in [9.17, 15) is 19.7 Å². The number of nitrogens with zero attached hydrogens (tertiary/aromatic N) is 2. The van der Waals surface area contributed by atoms with Crippen LogP contribution in [0.15, 0.2) is 36.4 Å². The minimum absolute atomic E-state index is 0.191. The van der Waals surface area contributed by atoms with Gasteiger partial charge in [-0.3, -0.25) is 24.6 Å². The SMILES string of the molecule is COc1ccc(CNC(=O)CN2C(=O)COc3ccc([N+](=O)[O-])cc32)cc1OC. The lowest BCUT2D eigenvalue weighted by Crippen LogP contribution is -2.45.